The number of hydrogen-bond donors (Lipinski definition) is 3. The molecule has 1 aliphatic rings. The van der Waals surface area contributed by atoms with Gasteiger partial charge < -0.3 is 16.0 Å². The largest absolute Gasteiger partial charge is 0.348 e. The molecular weight excluding hydrogens is 278 g/mol. The van der Waals surface area contributed by atoms with E-state index < -0.39 is 0 Å². The van der Waals surface area contributed by atoms with E-state index in [4.69, 9.17) is 5.73 Å². The summed E-state index contributed by atoms with van der Waals surface area (Å²) in [4.78, 5) is 25.8. The molecule has 1 heterocycles. The van der Waals surface area contributed by atoms with Crippen LogP contribution in [0.3, 0.4) is 0 Å². The molecule has 1 saturated carbocycles. The molecule has 2 rings (SSSR count). The average molecular weight is 300 g/mol. The Balaban J connectivity index is 0.00000200. The lowest BCUT2D eigenvalue weighted by Crippen LogP contribution is -2.46. The van der Waals surface area contributed by atoms with E-state index in [0.717, 1.165) is 12.8 Å². The number of H-pyrrole nitrogens is 1. The van der Waals surface area contributed by atoms with Gasteiger partial charge in [-0.1, -0.05) is 19.3 Å². The van der Waals surface area contributed by atoms with Crippen molar-refractivity contribution in [3.63, 3.8) is 0 Å². The third kappa shape index (κ3) is 4.35. The van der Waals surface area contributed by atoms with E-state index in [9.17, 15) is 9.59 Å². The highest BCUT2D eigenvalue weighted by atomic mass is 35.5. The molecule has 20 heavy (non-hydrogen) atoms. The molecule has 5 nitrogen and oxygen atoms in total. The number of nitrogens with two attached hydrogens (primary N) is 1. The van der Waals surface area contributed by atoms with Crippen molar-refractivity contribution in [2.75, 3.05) is 6.54 Å². The van der Waals surface area contributed by atoms with Gasteiger partial charge in [-0.25, -0.2) is 0 Å². The highest BCUT2D eigenvalue weighted by Crippen LogP contribution is 2.26. The summed E-state index contributed by atoms with van der Waals surface area (Å²) in [5, 5.41) is 2.96. The highest BCUT2D eigenvalue weighted by Gasteiger charge is 2.24. The van der Waals surface area contributed by atoms with Crippen molar-refractivity contribution in [2.24, 2.45) is 11.7 Å². The number of carbonyl (C=O) groups excluding carboxylic acids is 1. The van der Waals surface area contributed by atoms with Gasteiger partial charge in [0.1, 0.15) is 0 Å². The van der Waals surface area contributed by atoms with Crippen LogP contribution >= 0.6 is 12.4 Å². The summed E-state index contributed by atoms with van der Waals surface area (Å²) in [5.41, 5.74) is 5.90. The topological polar surface area (TPSA) is 88.0 Å². The Labute approximate surface area is 124 Å². The molecular formula is C14H22ClN3O2. The smallest absolute Gasteiger partial charge is 0.251 e. The Hall–Kier alpha value is -1.33. The molecule has 0 bridgehead atoms. The first kappa shape index (κ1) is 16.7. The van der Waals surface area contributed by atoms with E-state index in [1.165, 1.54) is 31.5 Å². The van der Waals surface area contributed by atoms with Gasteiger partial charge in [0.25, 0.3) is 5.91 Å². The van der Waals surface area contributed by atoms with Crippen LogP contribution in [-0.4, -0.2) is 23.5 Å². The number of aromatic amines is 1. The number of aromatic nitrogens is 1. The fourth-order valence-electron chi connectivity index (χ4n) is 2.74. The van der Waals surface area contributed by atoms with Crippen LogP contribution in [0.4, 0.5) is 0 Å². The van der Waals surface area contributed by atoms with E-state index in [0.29, 0.717) is 18.0 Å². The zero-order valence-corrected chi connectivity index (χ0v) is 12.2. The molecule has 0 aliphatic heterocycles. The van der Waals surface area contributed by atoms with E-state index in [1.807, 2.05) is 0 Å². The third-order valence-electron chi connectivity index (χ3n) is 3.83. The van der Waals surface area contributed by atoms with E-state index in [2.05, 4.69) is 10.3 Å². The molecule has 1 fully saturated rings. The standard InChI is InChI=1S/C14H21N3O2.ClH/c15-9-12(10-4-2-1-3-5-10)17-14(19)11-6-7-16-13(18)8-11;/h6-8,10,12H,1-5,9,15H2,(H,16,18)(H,17,19);1H. The number of nitrogens with one attached hydrogen (secondary N) is 2. The van der Waals surface area contributed by atoms with Crippen molar-refractivity contribution in [2.45, 2.75) is 38.1 Å². The second kappa shape index (κ2) is 8.07. The van der Waals surface area contributed by atoms with Crippen LogP contribution in [0.15, 0.2) is 23.1 Å². The molecule has 1 aliphatic carbocycles. The molecule has 1 amide bonds. The van der Waals surface area contributed by atoms with Crippen molar-refractivity contribution in [3.05, 3.63) is 34.2 Å². The first-order valence-electron chi connectivity index (χ1n) is 6.90. The monoisotopic (exact) mass is 299 g/mol. The Kier molecular flexibility index (Phi) is 6.75. The minimum absolute atomic E-state index is 0. The number of amides is 1. The summed E-state index contributed by atoms with van der Waals surface area (Å²) in [6, 6.07) is 2.92. The Morgan fingerprint density at radius 3 is 2.70 bits per heavy atom. The fraction of sp³-hybridized carbons (Fsp3) is 0.571. The maximum atomic E-state index is 12.1. The summed E-state index contributed by atoms with van der Waals surface area (Å²) in [6.45, 7) is 0.444. The first-order chi connectivity index (χ1) is 9.20. The summed E-state index contributed by atoms with van der Waals surface area (Å²) >= 11 is 0. The molecule has 6 heteroatoms. The van der Waals surface area contributed by atoms with E-state index in [1.54, 1.807) is 6.07 Å². The van der Waals surface area contributed by atoms with Crippen LogP contribution in [-0.2, 0) is 0 Å². The molecule has 0 saturated heterocycles. The van der Waals surface area contributed by atoms with E-state index in [-0.39, 0.29) is 29.9 Å². The zero-order chi connectivity index (χ0) is 13.7. The number of halogens is 1. The van der Waals surface area contributed by atoms with Gasteiger partial charge in [-0.2, -0.15) is 0 Å². The van der Waals surface area contributed by atoms with Gasteiger partial charge in [-0.05, 0) is 24.8 Å². The quantitative estimate of drug-likeness (QED) is 0.786. The maximum Gasteiger partial charge on any atom is 0.251 e. The first-order valence-corrected chi connectivity index (χ1v) is 6.90. The Morgan fingerprint density at radius 2 is 2.10 bits per heavy atom. The van der Waals surface area contributed by atoms with Crippen LogP contribution in [0.25, 0.3) is 0 Å². The van der Waals surface area contributed by atoms with Gasteiger partial charge in [0.05, 0.1) is 0 Å². The third-order valence-corrected chi connectivity index (χ3v) is 3.83. The second-order valence-electron chi connectivity index (χ2n) is 5.16. The van der Waals surface area contributed by atoms with Gasteiger partial charge in [0.15, 0.2) is 0 Å². The predicted octanol–water partition coefficient (Wildman–Crippen LogP) is 1.43. The molecule has 0 radical (unpaired) electrons. The van der Waals surface area contributed by atoms with Crippen molar-refractivity contribution in [3.8, 4) is 0 Å². The van der Waals surface area contributed by atoms with Crippen molar-refractivity contribution >= 4 is 18.3 Å². The maximum absolute atomic E-state index is 12.1. The molecule has 0 aromatic carbocycles. The lowest BCUT2D eigenvalue weighted by atomic mass is 9.84. The molecule has 0 spiro atoms. The fourth-order valence-corrected chi connectivity index (χ4v) is 2.74. The number of hydrogen-bond acceptors (Lipinski definition) is 3. The SMILES string of the molecule is Cl.NCC(NC(=O)c1cc[nH]c(=O)c1)C1CCCCC1. The Bertz CT molecular complexity index is 483. The summed E-state index contributed by atoms with van der Waals surface area (Å²) in [7, 11) is 0. The summed E-state index contributed by atoms with van der Waals surface area (Å²) in [5.74, 6) is 0.247. The lowest BCUT2D eigenvalue weighted by Gasteiger charge is -2.30. The van der Waals surface area contributed by atoms with Crippen LogP contribution in [0, 0.1) is 5.92 Å². The van der Waals surface area contributed by atoms with Crippen molar-refractivity contribution in [1.82, 2.24) is 10.3 Å². The van der Waals surface area contributed by atoms with Gasteiger partial charge in [-0.3, -0.25) is 9.59 Å². The highest BCUT2D eigenvalue weighted by molar-refractivity contribution is 5.94. The summed E-state index contributed by atoms with van der Waals surface area (Å²) in [6.07, 6.45) is 7.42. The molecule has 1 aromatic rings. The van der Waals surface area contributed by atoms with Crippen LogP contribution in [0.2, 0.25) is 0 Å². The molecule has 112 valence electrons. The lowest BCUT2D eigenvalue weighted by molar-refractivity contribution is 0.0915. The molecule has 4 N–H and O–H groups in total. The second-order valence-corrected chi connectivity index (χ2v) is 5.16. The predicted molar refractivity (Wildman–Crippen MR) is 81.2 cm³/mol. The minimum Gasteiger partial charge on any atom is -0.348 e. The van der Waals surface area contributed by atoms with Crippen LogP contribution < -0.4 is 16.6 Å². The number of pyridine rings is 1. The van der Waals surface area contributed by atoms with Gasteiger partial charge in [-0.15, -0.1) is 12.4 Å². The van der Waals surface area contributed by atoms with Crippen LogP contribution in [0.1, 0.15) is 42.5 Å². The van der Waals surface area contributed by atoms with Crippen LogP contribution in [0.5, 0.6) is 0 Å². The van der Waals surface area contributed by atoms with Gasteiger partial charge in [0.2, 0.25) is 5.56 Å². The van der Waals surface area contributed by atoms with Gasteiger partial charge in [0, 0.05) is 30.4 Å². The summed E-state index contributed by atoms with van der Waals surface area (Å²) < 4.78 is 0. The van der Waals surface area contributed by atoms with E-state index >= 15 is 0 Å². The number of rotatable bonds is 4. The average Bonchev–Trinajstić information content (AvgIpc) is 2.45. The zero-order valence-electron chi connectivity index (χ0n) is 11.4. The molecule has 1 atom stereocenters. The Morgan fingerprint density at radius 1 is 1.40 bits per heavy atom. The molecule has 1 aromatic heterocycles. The van der Waals surface area contributed by atoms with Gasteiger partial charge >= 0.3 is 0 Å². The number of carbonyl (C=O) groups is 1. The van der Waals surface area contributed by atoms with Crippen molar-refractivity contribution in [1.29, 1.82) is 0 Å². The van der Waals surface area contributed by atoms with Crippen molar-refractivity contribution < 1.29 is 4.79 Å². The normalized spacial score (nSPS) is 17.1. The molecule has 1 unspecified atom stereocenters. The minimum atomic E-state index is -0.269.